The summed E-state index contributed by atoms with van der Waals surface area (Å²) in [5.41, 5.74) is 0.552. The third kappa shape index (κ3) is 32.4. The summed E-state index contributed by atoms with van der Waals surface area (Å²) in [5.74, 6) is 0. The molecule has 0 fully saturated rings. The monoisotopic (exact) mass is 176 g/mol. The summed E-state index contributed by atoms with van der Waals surface area (Å²) in [6.45, 7) is 13.1. The van der Waals surface area contributed by atoms with E-state index < -0.39 is 0 Å². The van der Waals surface area contributed by atoms with E-state index in [1.807, 2.05) is 13.8 Å². The van der Waals surface area contributed by atoms with Gasteiger partial charge in [0.05, 0.1) is 0 Å². The molecule has 0 heteroatoms. The molecular weight excluding hydrogens is 144 g/mol. The predicted octanol–water partition coefficient (Wildman–Crippen LogP) is 5.52. The van der Waals surface area contributed by atoms with Gasteiger partial charge < -0.3 is 0 Å². The van der Waals surface area contributed by atoms with Crippen LogP contribution in [0.1, 0.15) is 75.7 Å². The van der Waals surface area contributed by atoms with Gasteiger partial charge in [-0.1, -0.05) is 69.2 Å². The Morgan fingerprint density at radius 1 is 0.917 bits per heavy atom. The molecule has 0 amide bonds. The van der Waals surface area contributed by atoms with Crippen LogP contribution in [0.25, 0.3) is 0 Å². The van der Waals surface area contributed by atoms with Crippen LogP contribution in [0, 0.1) is 5.41 Å². The molecule has 0 heterocycles. The molecule has 0 spiro atoms. The molecule has 0 aliphatic carbocycles. The lowest BCUT2D eigenvalue weighted by Crippen LogP contribution is -2.03. The maximum absolute atomic E-state index is 2.29. The third-order valence-corrected chi connectivity index (χ3v) is 1.28. The molecule has 0 nitrogen and oxygen atoms in total. The fraction of sp³-hybridized carbons (Fsp3) is 1.00. The van der Waals surface area contributed by atoms with Gasteiger partial charge in [0.1, 0.15) is 0 Å². The Morgan fingerprint density at radius 2 is 1.25 bits per heavy atom. The first-order valence-electron chi connectivity index (χ1n) is 4.56. The van der Waals surface area contributed by atoms with E-state index in [1.54, 1.807) is 0 Å². The molecule has 0 aromatic rings. The molecule has 0 aliphatic rings. The first-order chi connectivity index (χ1) is 4.56. The van der Waals surface area contributed by atoms with Crippen LogP contribution in [-0.2, 0) is 0 Å². The molecule has 12 heavy (non-hydrogen) atoms. The second-order valence-corrected chi connectivity index (χ2v) is 3.66. The van der Waals surface area contributed by atoms with Crippen LogP contribution in [0.5, 0.6) is 0 Å². The lowest BCUT2D eigenvalue weighted by atomic mass is 9.90. The Balaban J connectivity index is -0.0000000740. The first-order valence-corrected chi connectivity index (χ1v) is 4.56. The van der Waals surface area contributed by atoms with Crippen LogP contribution in [0.2, 0.25) is 0 Å². The summed E-state index contributed by atoms with van der Waals surface area (Å²) in [6.07, 6.45) is 4.07. The Labute approximate surface area is 81.8 Å². The van der Waals surface area contributed by atoms with Crippen molar-refractivity contribution in [1.29, 1.82) is 0 Å². The Hall–Kier alpha value is 0. The molecule has 0 aliphatic heterocycles. The Morgan fingerprint density at radius 3 is 1.33 bits per heavy atom. The lowest BCUT2D eigenvalue weighted by Gasteiger charge is -2.16. The average Bonchev–Trinajstić information content (AvgIpc) is 1.87. The third-order valence-electron chi connectivity index (χ3n) is 1.28. The van der Waals surface area contributed by atoms with Crippen LogP contribution in [0.15, 0.2) is 0 Å². The van der Waals surface area contributed by atoms with E-state index >= 15 is 0 Å². The zero-order chi connectivity index (χ0) is 8.62. The van der Waals surface area contributed by atoms with Gasteiger partial charge in [-0.05, 0) is 11.8 Å². The summed E-state index contributed by atoms with van der Waals surface area (Å²) in [5, 5.41) is 0. The van der Waals surface area contributed by atoms with Gasteiger partial charge in [-0.2, -0.15) is 0 Å². The van der Waals surface area contributed by atoms with Gasteiger partial charge in [-0.25, -0.2) is 0 Å². The van der Waals surface area contributed by atoms with Gasteiger partial charge in [-0.3, -0.25) is 0 Å². The SMILES string of the molecule is C.C.CC.CCCCC(C)(C)C. The second kappa shape index (κ2) is 13.6. The van der Waals surface area contributed by atoms with Crippen molar-refractivity contribution in [3.05, 3.63) is 0 Å². The van der Waals surface area contributed by atoms with Gasteiger partial charge in [0.2, 0.25) is 0 Å². The highest BCUT2D eigenvalue weighted by atomic mass is 14.1. The quantitative estimate of drug-likeness (QED) is 0.519. The van der Waals surface area contributed by atoms with E-state index in [9.17, 15) is 0 Å². The minimum atomic E-state index is 0. The van der Waals surface area contributed by atoms with Gasteiger partial charge in [0.25, 0.3) is 0 Å². The fourth-order valence-corrected chi connectivity index (χ4v) is 0.707. The number of rotatable bonds is 2. The normalized spacial score (nSPS) is 8.50. The van der Waals surface area contributed by atoms with Gasteiger partial charge in [-0.15, -0.1) is 0 Å². The molecule has 0 saturated carbocycles. The largest absolute Gasteiger partial charge is 0.0776 e. The van der Waals surface area contributed by atoms with E-state index in [0.717, 1.165) is 0 Å². The van der Waals surface area contributed by atoms with Crippen molar-refractivity contribution in [1.82, 2.24) is 0 Å². The van der Waals surface area contributed by atoms with Crippen LogP contribution in [0.4, 0.5) is 0 Å². The zero-order valence-electron chi connectivity index (χ0n) is 8.62. The number of unbranched alkanes of at least 4 members (excludes halogenated alkanes) is 1. The smallest absolute Gasteiger partial charge is 0.0383 e. The van der Waals surface area contributed by atoms with Gasteiger partial charge >= 0.3 is 0 Å². The van der Waals surface area contributed by atoms with Gasteiger partial charge in [0, 0.05) is 0 Å². The zero-order valence-corrected chi connectivity index (χ0v) is 8.62. The maximum Gasteiger partial charge on any atom is -0.0383 e. The van der Waals surface area contributed by atoms with Crippen LogP contribution in [-0.4, -0.2) is 0 Å². The molecule has 0 unspecified atom stereocenters. The van der Waals surface area contributed by atoms with E-state index in [2.05, 4.69) is 27.7 Å². The minimum absolute atomic E-state index is 0. The molecule has 0 saturated heterocycles. The summed E-state index contributed by atoms with van der Waals surface area (Å²) in [4.78, 5) is 0. The highest BCUT2D eigenvalue weighted by Gasteiger charge is 2.07. The standard InChI is InChI=1S/C8H18.C2H6.2CH4/c1-5-6-7-8(2,3)4;1-2;;/h5-7H2,1-4H3;1-2H3;2*1H4. The van der Waals surface area contributed by atoms with Crippen molar-refractivity contribution in [3.8, 4) is 0 Å². The molecule has 0 aromatic carbocycles. The Bertz CT molecular complexity index is 47.5. The summed E-state index contributed by atoms with van der Waals surface area (Å²) in [6, 6.07) is 0. The molecule has 0 bridgehead atoms. The van der Waals surface area contributed by atoms with Crippen molar-refractivity contribution < 1.29 is 0 Å². The van der Waals surface area contributed by atoms with Crippen LogP contribution < -0.4 is 0 Å². The summed E-state index contributed by atoms with van der Waals surface area (Å²) in [7, 11) is 0. The first kappa shape index (κ1) is 22.7. The topological polar surface area (TPSA) is 0 Å². The molecule has 0 aromatic heterocycles. The van der Waals surface area contributed by atoms with Crippen molar-refractivity contribution in [2.45, 2.75) is 75.7 Å². The highest BCUT2D eigenvalue weighted by Crippen LogP contribution is 2.20. The maximum atomic E-state index is 2.29. The van der Waals surface area contributed by atoms with E-state index in [4.69, 9.17) is 0 Å². The molecule has 0 rings (SSSR count). The minimum Gasteiger partial charge on any atom is -0.0776 e. The van der Waals surface area contributed by atoms with Crippen LogP contribution >= 0.6 is 0 Å². The van der Waals surface area contributed by atoms with Crippen LogP contribution in [0.3, 0.4) is 0 Å². The van der Waals surface area contributed by atoms with E-state index in [1.165, 1.54) is 19.3 Å². The fourth-order valence-electron chi connectivity index (χ4n) is 0.707. The molecule has 0 N–H and O–H groups in total. The van der Waals surface area contributed by atoms with E-state index in [-0.39, 0.29) is 14.9 Å². The Kier molecular flexibility index (Phi) is 25.7. The number of hydrogen-bond acceptors (Lipinski definition) is 0. The molecule has 80 valence electrons. The second-order valence-electron chi connectivity index (χ2n) is 3.66. The number of hydrogen-bond donors (Lipinski definition) is 0. The molecular formula is C12H32. The van der Waals surface area contributed by atoms with Crippen molar-refractivity contribution in [2.24, 2.45) is 5.41 Å². The van der Waals surface area contributed by atoms with Crippen molar-refractivity contribution in [2.75, 3.05) is 0 Å². The molecule has 0 radical (unpaired) electrons. The highest BCUT2D eigenvalue weighted by molar-refractivity contribution is 4.59. The lowest BCUT2D eigenvalue weighted by molar-refractivity contribution is 0.363. The van der Waals surface area contributed by atoms with Crippen molar-refractivity contribution in [3.63, 3.8) is 0 Å². The van der Waals surface area contributed by atoms with Crippen molar-refractivity contribution >= 4 is 0 Å². The summed E-state index contributed by atoms with van der Waals surface area (Å²) < 4.78 is 0. The van der Waals surface area contributed by atoms with E-state index in [0.29, 0.717) is 5.41 Å². The average molecular weight is 176 g/mol. The molecule has 0 atom stereocenters. The van der Waals surface area contributed by atoms with Gasteiger partial charge in [0.15, 0.2) is 0 Å². The predicted molar refractivity (Wildman–Crippen MR) is 63.8 cm³/mol. The summed E-state index contributed by atoms with van der Waals surface area (Å²) >= 11 is 0.